The van der Waals surface area contributed by atoms with Crippen LogP contribution in [0.15, 0.2) is 217 Å². The van der Waals surface area contributed by atoms with Crippen LogP contribution in [0.3, 0.4) is 0 Å². The second kappa shape index (κ2) is 12.8. The molecule has 0 spiro atoms. The molecule has 0 saturated heterocycles. The Morgan fingerprint density at radius 2 is 0.733 bits per heavy atom. The Kier molecular flexibility index (Phi) is 7.05. The molecule has 12 aromatic carbocycles. The van der Waals surface area contributed by atoms with Crippen molar-refractivity contribution < 1.29 is 4.42 Å². The lowest BCUT2D eigenvalue weighted by Crippen LogP contribution is -2.10. The number of para-hydroxylation sites is 1. The van der Waals surface area contributed by atoms with Gasteiger partial charge in [-0.3, -0.25) is 0 Å². The monoisotopic (exact) mass is 761 g/mol. The van der Waals surface area contributed by atoms with Crippen LogP contribution in [0.1, 0.15) is 0 Å². The summed E-state index contributed by atoms with van der Waals surface area (Å²) in [6.45, 7) is 0. The average molecular weight is 762 g/mol. The first-order chi connectivity index (χ1) is 29.7. The molecule has 0 bridgehead atoms. The van der Waals surface area contributed by atoms with Gasteiger partial charge in [0.1, 0.15) is 11.2 Å². The molecule has 0 fully saturated rings. The van der Waals surface area contributed by atoms with Crippen LogP contribution < -0.4 is 4.90 Å². The molecule has 2 nitrogen and oxygen atoms in total. The number of nitrogens with zero attached hydrogens (tertiary/aromatic N) is 1. The molecule has 0 radical (unpaired) electrons. The Balaban J connectivity index is 1.09. The highest BCUT2D eigenvalue weighted by Crippen LogP contribution is 2.49. The lowest BCUT2D eigenvalue weighted by Gasteiger charge is -2.28. The number of benzene rings is 11. The first-order valence-corrected chi connectivity index (χ1v) is 20.7. The van der Waals surface area contributed by atoms with Crippen LogP contribution in [0.2, 0.25) is 0 Å². The first-order valence-electron chi connectivity index (χ1n) is 20.7. The van der Waals surface area contributed by atoms with E-state index in [1.54, 1.807) is 0 Å². The van der Waals surface area contributed by atoms with Gasteiger partial charge < -0.3 is 9.32 Å². The number of anilines is 3. The summed E-state index contributed by atoms with van der Waals surface area (Å²) in [7, 11) is 0. The molecule has 60 heavy (non-hydrogen) atoms. The van der Waals surface area contributed by atoms with Gasteiger partial charge in [-0.1, -0.05) is 170 Å². The number of rotatable bonds is 5. The third-order valence-corrected chi connectivity index (χ3v) is 12.8. The van der Waals surface area contributed by atoms with Crippen LogP contribution in [-0.2, 0) is 0 Å². The van der Waals surface area contributed by atoms with E-state index in [4.69, 9.17) is 4.42 Å². The van der Waals surface area contributed by atoms with Crippen molar-refractivity contribution in [1.29, 1.82) is 0 Å². The van der Waals surface area contributed by atoms with Crippen molar-refractivity contribution in [3.63, 3.8) is 0 Å². The van der Waals surface area contributed by atoms with Gasteiger partial charge in [0, 0.05) is 32.9 Å². The maximum absolute atomic E-state index is 6.35. The molecular formula is C58H35NO. The van der Waals surface area contributed by atoms with E-state index in [2.05, 4.69) is 211 Å². The van der Waals surface area contributed by atoms with Crippen LogP contribution in [0.4, 0.5) is 17.1 Å². The van der Waals surface area contributed by atoms with Gasteiger partial charge in [-0.15, -0.1) is 0 Å². The third-order valence-electron chi connectivity index (χ3n) is 12.8. The van der Waals surface area contributed by atoms with E-state index < -0.39 is 0 Å². The van der Waals surface area contributed by atoms with E-state index in [-0.39, 0.29) is 0 Å². The largest absolute Gasteiger partial charge is 0.456 e. The van der Waals surface area contributed by atoms with E-state index in [1.165, 1.54) is 86.9 Å². The number of hydrogen-bond acceptors (Lipinski definition) is 2. The van der Waals surface area contributed by atoms with E-state index >= 15 is 0 Å². The number of hydrogen-bond donors (Lipinski definition) is 0. The molecule has 1 heterocycles. The van der Waals surface area contributed by atoms with Gasteiger partial charge >= 0.3 is 0 Å². The summed E-state index contributed by atoms with van der Waals surface area (Å²) in [4.78, 5) is 2.45. The fourth-order valence-corrected chi connectivity index (χ4v) is 10.0. The van der Waals surface area contributed by atoms with Crippen LogP contribution in [-0.4, -0.2) is 0 Å². The van der Waals surface area contributed by atoms with Crippen LogP contribution in [0.5, 0.6) is 0 Å². The SMILES string of the molecule is c1ccc(-c2ccc(-c3ccc(N(c4ccc5oc6ccccc6c5c4)c4cc5cccc6c7cccc8ccc9cccc(c%10cccc4c%10c56)c9c87)cc3)cc2)cc1. The smallest absolute Gasteiger partial charge is 0.135 e. The normalized spacial score (nSPS) is 12.0. The van der Waals surface area contributed by atoms with Crippen LogP contribution in [0.25, 0.3) is 109 Å². The fraction of sp³-hybridized carbons (Fsp3) is 0. The zero-order chi connectivity index (χ0) is 39.3. The number of fused-ring (bicyclic) bond motifs is 5. The highest BCUT2D eigenvalue weighted by atomic mass is 16.3. The topological polar surface area (TPSA) is 16.4 Å². The second-order valence-corrected chi connectivity index (χ2v) is 16.0. The third kappa shape index (κ3) is 4.88. The molecule has 0 N–H and O–H groups in total. The minimum atomic E-state index is 0.882. The summed E-state index contributed by atoms with van der Waals surface area (Å²) in [6, 6.07) is 77.8. The molecular weight excluding hydrogens is 727 g/mol. The van der Waals surface area contributed by atoms with Crippen LogP contribution >= 0.6 is 0 Å². The zero-order valence-corrected chi connectivity index (χ0v) is 32.6. The molecule has 0 aliphatic carbocycles. The maximum atomic E-state index is 6.35. The predicted octanol–water partition coefficient (Wildman–Crippen LogP) is 16.7. The summed E-state index contributed by atoms with van der Waals surface area (Å²) in [5.41, 5.74) is 9.85. The summed E-state index contributed by atoms with van der Waals surface area (Å²) in [6.07, 6.45) is 0. The van der Waals surface area contributed by atoms with Gasteiger partial charge in [-0.05, 0) is 119 Å². The highest BCUT2D eigenvalue weighted by molar-refractivity contribution is 6.38. The van der Waals surface area contributed by atoms with Crippen molar-refractivity contribution >= 4 is 104 Å². The Morgan fingerprint density at radius 3 is 1.40 bits per heavy atom. The number of furan rings is 1. The molecule has 0 saturated carbocycles. The van der Waals surface area contributed by atoms with E-state index in [0.717, 1.165) is 39.0 Å². The molecule has 0 amide bonds. The minimum Gasteiger partial charge on any atom is -0.456 e. The first kappa shape index (κ1) is 33.1. The van der Waals surface area contributed by atoms with Gasteiger partial charge in [-0.2, -0.15) is 0 Å². The quantitative estimate of drug-likeness (QED) is 0.162. The minimum absolute atomic E-state index is 0.882. The Hall–Kier alpha value is -7.94. The molecule has 0 unspecified atom stereocenters. The van der Waals surface area contributed by atoms with Crippen molar-refractivity contribution in [1.82, 2.24) is 0 Å². The Bertz CT molecular complexity index is 3800. The molecule has 0 aliphatic heterocycles. The van der Waals surface area contributed by atoms with Gasteiger partial charge in [0.25, 0.3) is 0 Å². The standard InChI is InChI=1S/C58H35NO/c1-2-10-36(11-3-1)37-22-24-38(25-23-37)39-28-30-43(31-29-39)59(44-32-33-54-51(35-44)45-15-4-5-21-53(45)60-54)52-34-42-14-8-18-47-46-16-6-12-40-26-27-41-13-7-17-48(56(41)55(40)46)49-19-9-20-50(52)58(49)57(42)47/h1-35H. The Labute approximate surface area is 346 Å². The van der Waals surface area contributed by atoms with Crippen molar-refractivity contribution in [3.8, 4) is 22.3 Å². The molecule has 2 heteroatoms. The molecule has 1 aromatic heterocycles. The zero-order valence-electron chi connectivity index (χ0n) is 32.6. The van der Waals surface area contributed by atoms with Gasteiger partial charge in [0.05, 0.1) is 5.69 Å². The Morgan fingerprint density at radius 1 is 0.267 bits per heavy atom. The summed E-state index contributed by atoms with van der Waals surface area (Å²) in [5, 5.41) is 17.4. The van der Waals surface area contributed by atoms with Crippen molar-refractivity contribution in [3.05, 3.63) is 212 Å². The van der Waals surface area contributed by atoms with E-state index in [0.29, 0.717) is 0 Å². The fourth-order valence-electron chi connectivity index (χ4n) is 10.0. The van der Waals surface area contributed by atoms with Crippen molar-refractivity contribution in [2.75, 3.05) is 4.90 Å². The van der Waals surface area contributed by atoms with E-state index in [1.807, 2.05) is 6.07 Å². The second-order valence-electron chi connectivity index (χ2n) is 16.0. The summed E-state index contributed by atoms with van der Waals surface area (Å²) in [5.74, 6) is 0. The van der Waals surface area contributed by atoms with E-state index in [9.17, 15) is 0 Å². The molecule has 13 rings (SSSR count). The predicted molar refractivity (Wildman–Crippen MR) is 255 cm³/mol. The lowest BCUT2D eigenvalue weighted by atomic mass is 9.87. The molecule has 278 valence electrons. The highest BCUT2D eigenvalue weighted by Gasteiger charge is 2.22. The van der Waals surface area contributed by atoms with Crippen molar-refractivity contribution in [2.45, 2.75) is 0 Å². The summed E-state index contributed by atoms with van der Waals surface area (Å²) < 4.78 is 6.35. The van der Waals surface area contributed by atoms with Gasteiger partial charge in [0.15, 0.2) is 0 Å². The van der Waals surface area contributed by atoms with Gasteiger partial charge in [0.2, 0.25) is 0 Å². The van der Waals surface area contributed by atoms with Gasteiger partial charge in [-0.25, -0.2) is 0 Å². The van der Waals surface area contributed by atoms with Crippen molar-refractivity contribution in [2.24, 2.45) is 0 Å². The maximum Gasteiger partial charge on any atom is 0.135 e. The van der Waals surface area contributed by atoms with Crippen LogP contribution in [0, 0.1) is 0 Å². The molecule has 0 atom stereocenters. The lowest BCUT2D eigenvalue weighted by molar-refractivity contribution is 0.669. The average Bonchev–Trinajstić information content (AvgIpc) is 3.69. The summed E-state index contributed by atoms with van der Waals surface area (Å²) >= 11 is 0. The molecule has 0 aliphatic rings. The molecule has 13 aromatic rings.